The summed E-state index contributed by atoms with van der Waals surface area (Å²) in [5, 5.41) is 4.29. The van der Waals surface area contributed by atoms with E-state index in [4.69, 9.17) is 9.47 Å². The molecule has 0 bridgehead atoms. The highest BCUT2D eigenvalue weighted by Crippen LogP contribution is 2.37. The molecular weight excluding hydrogens is 552 g/mol. The number of hydrogen-bond acceptors (Lipinski definition) is 6. The number of rotatable bonds is 9. The van der Waals surface area contributed by atoms with Gasteiger partial charge in [-0.3, -0.25) is 9.59 Å². The zero-order valence-electron chi connectivity index (χ0n) is 27.0. The minimum Gasteiger partial charge on any atom is -0.494 e. The molecule has 0 saturated heterocycles. The third kappa shape index (κ3) is 6.35. The molecule has 1 fully saturated rings. The van der Waals surface area contributed by atoms with Crippen molar-refractivity contribution in [3.63, 3.8) is 0 Å². The Balaban J connectivity index is 1.45. The van der Waals surface area contributed by atoms with Gasteiger partial charge in [0.1, 0.15) is 17.8 Å². The molecule has 1 amide bonds. The fourth-order valence-corrected chi connectivity index (χ4v) is 6.57. The number of methoxy groups -OCH3 is 1. The van der Waals surface area contributed by atoms with Crippen LogP contribution in [-0.2, 0) is 16.0 Å². The Hall–Kier alpha value is -4.20. The number of nitrogens with zero attached hydrogens (tertiary/aromatic N) is 2. The zero-order chi connectivity index (χ0) is 31.5. The van der Waals surface area contributed by atoms with Gasteiger partial charge in [-0.05, 0) is 120 Å². The average Bonchev–Trinajstić information content (AvgIpc) is 3.37. The van der Waals surface area contributed by atoms with Crippen LogP contribution in [0.1, 0.15) is 81.8 Å². The number of carbonyl (C=O) groups is 2. The van der Waals surface area contributed by atoms with Gasteiger partial charge in [0, 0.05) is 33.9 Å². The Kier molecular flexibility index (Phi) is 9.37. The van der Waals surface area contributed by atoms with Gasteiger partial charge in [0.2, 0.25) is 0 Å². The number of H-pyrrole nitrogens is 1. The summed E-state index contributed by atoms with van der Waals surface area (Å²) in [7, 11) is 1.43. The van der Waals surface area contributed by atoms with E-state index in [1.807, 2.05) is 13.8 Å². The summed E-state index contributed by atoms with van der Waals surface area (Å²) in [5.41, 5.74) is 11.1. The second kappa shape index (κ2) is 13.2. The minimum absolute atomic E-state index is 0.00670. The van der Waals surface area contributed by atoms with Gasteiger partial charge in [-0.1, -0.05) is 12.1 Å². The Labute approximate surface area is 260 Å². The molecule has 0 atom stereocenters. The summed E-state index contributed by atoms with van der Waals surface area (Å²) in [6.45, 7) is 13.0. The normalized spacial score (nSPS) is 16.6. The molecule has 8 heteroatoms. The first-order valence-electron chi connectivity index (χ1n) is 15.6. The van der Waals surface area contributed by atoms with Gasteiger partial charge in [0.25, 0.3) is 5.91 Å². The van der Waals surface area contributed by atoms with Crippen molar-refractivity contribution in [3.05, 3.63) is 75.5 Å². The monoisotopic (exact) mass is 596 g/mol. The predicted octanol–water partition coefficient (Wildman–Crippen LogP) is 6.95. The number of aryl methyl sites for hydroxylation is 6. The largest absolute Gasteiger partial charge is 0.494 e. The molecule has 232 valence electrons. The molecule has 0 aliphatic heterocycles. The molecular formula is C36H44N4O4. The molecule has 1 aliphatic carbocycles. The smallest absolute Gasteiger partial charge is 0.308 e. The lowest BCUT2D eigenvalue weighted by molar-refractivity contribution is -0.146. The summed E-state index contributed by atoms with van der Waals surface area (Å²) < 4.78 is 11.1. The van der Waals surface area contributed by atoms with Crippen LogP contribution in [0.5, 0.6) is 5.75 Å². The number of aromatic amines is 1. The van der Waals surface area contributed by atoms with Crippen molar-refractivity contribution in [1.29, 1.82) is 0 Å². The number of carbonyl (C=O) groups excluding carboxylic acids is 2. The van der Waals surface area contributed by atoms with E-state index in [0.717, 1.165) is 69.6 Å². The zero-order valence-corrected chi connectivity index (χ0v) is 27.0. The first-order valence-corrected chi connectivity index (χ1v) is 15.6. The Morgan fingerprint density at radius 1 is 0.909 bits per heavy atom. The lowest BCUT2D eigenvalue weighted by atomic mass is 9.86. The maximum atomic E-state index is 13.9. The van der Waals surface area contributed by atoms with Crippen molar-refractivity contribution in [3.8, 4) is 16.9 Å². The second-order valence-electron chi connectivity index (χ2n) is 12.3. The van der Waals surface area contributed by atoms with E-state index in [9.17, 15) is 9.59 Å². The van der Waals surface area contributed by atoms with Gasteiger partial charge < -0.3 is 19.8 Å². The molecule has 1 aliphatic rings. The number of nitrogens with one attached hydrogen (secondary N) is 2. The molecule has 2 N–H and O–H groups in total. The summed E-state index contributed by atoms with van der Waals surface area (Å²) in [6, 6.07) is 8.41. The number of hydrogen-bond donors (Lipinski definition) is 2. The molecule has 0 radical (unpaired) electrons. The third-order valence-corrected chi connectivity index (χ3v) is 9.33. The van der Waals surface area contributed by atoms with Gasteiger partial charge in [-0.2, -0.15) is 0 Å². The highest BCUT2D eigenvalue weighted by Gasteiger charge is 2.29. The number of amides is 1. The van der Waals surface area contributed by atoms with Gasteiger partial charge >= 0.3 is 5.97 Å². The van der Waals surface area contributed by atoms with Crippen LogP contribution >= 0.6 is 0 Å². The highest BCUT2D eigenvalue weighted by atomic mass is 16.5. The van der Waals surface area contributed by atoms with Gasteiger partial charge in [0.05, 0.1) is 25.2 Å². The third-order valence-electron chi connectivity index (χ3n) is 9.33. The van der Waals surface area contributed by atoms with Crippen LogP contribution in [-0.4, -0.2) is 46.6 Å². The first-order chi connectivity index (χ1) is 21.1. The Morgan fingerprint density at radius 2 is 1.57 bits per heavy atom. The van der Waals surface area contributed by atoms with Crippen LogP contribution in [0.3, 0.4) is 0 Å². The number of ether oxygens (including phenoxy) is 2. The topological polar surface area (TPSA) is 106 Å². The highest BCUT2D eigenvalue weighted by molar-refractivity contribution is 6.06. The molecule has 0 unspecified atom stereocenters. The van der Waals surface area contributed by atoms with Crippen molar-refractivity contribution in [2.75, 3.05) is 13.7 Å². The van der Waals surface area contributed by atoms with E-state index >= 15 is 0 Å². The Morgan fingerprint density at radius 3 is 2.20 bits per heavy atom. The van der Waals surface area contributed by atoms with Crippen molar-refractivity contribution < 1.29 is 19.1 Å². The molecule has 2 aromatic carbocycles. The van der Waals surface area contributed by atoms with E-state index in [1.165, 1.54) is 23.8 Å². The summed E-state index contributed by atoms with van der Waals surface area (Å²) in [5.74, 6) is 0.495. The van der Waals surface area contributed by atoms with E-state index in [0.29, 0.717) is 31.6 Å². The second-order valence-corrected chi connectivity index (χ2v) is 12.3. The van der Waals surface area contributed by atoms with Gasteiger partial charge in [0.15, 0.2) is 0 Å². The molecule has 4 aromatic rings. The van der Waals surface area contributed by atoms with Gasteiger partial charge in [-0.15, -0.1) is 0 Å². The molecule has 1 saturated carbocycles. The molecule has 0 spiro atoms. The fraction of sp³-hybridized carbons (Fsp3) is 0.444. The maximum Gasteiger partial charge on any atom is 0.308 e. The van der Waals surface area contributed by atoms with Crippen molar-refractivity contribution >= 4 is 22.8 Å². The first kappa shape index (κ1) is 31.2. The van der Waals surface area contributed by atoms with Crippen molar-refractivity contribution in [2.45, 2.75) is 86.1 Å². The number of benzene rings is 2. The summed E-state index contributed by atoms with van der Waals surface area (Å²) >= 11 is 0. The van der Waals surface area contributed by atoms with E-state index in [1.54, 1.807) is 6.33 Å². The molecule has 5 rings (SSSR count). The molecule has 2 aromatic heterocycles. The van der Waals surface area contributed by atoms with Crippen LogP contribution < -0.4 is 10.1 Å². The summed E-state index contributed by atoms with van der Waals surface area (Å²) in [6.07, 6.45) is 5.93. The van der Waals surface area contributed by atoms with Gasteiger partial charge in [-0.25, -0.2) is 9.97 Å². The fourth-order valence-electron chi connectivity index (χ4n) is 6.57. The quantitative estimate of drug-likeness (QED) is 0.160. The van der Waals surface area contributed by atoms with E-state index < -0.39 is 0 Å². The molecule has 44 heavy (non-hydrogen) atoms. The standard InChI is InChI=1S/C36H44N4O4/c1-20-10-15-30-29(9-8-16-44-28-17-21(2)23(4)22(3)18-28)34(35(41)39-27-13-11-26(12-14-27)36(42)43-7)40-33(30)31(20)32-24(5)37-19-38-25(32)6/h10,15,17-19,26-27,40H,8-9,11-14,16H2,1-7H3,(H,39,41). The van der Waals surface area contributed by atoms with Crippen molar-refractivity contribution in [2.24, 2.45) is 5.92 Å². The SMILES string of the molecule is COC(=O)C1CCC(NC(=O)c2[nH]c3c(-c4c(C)ncnc4C)c(C)ccc3c2CCCOc2cc(C)c(C)c(C)c2)CC1. The van der Waals surface area contributed by atoms with Crippen molar-refractivity contribution in [1.82, 2.24) is 20.3 Å². The number of aromatic nitrogens is 3. The van der Waals surface area contributed by atoms with E-state index in [-0.39, 0.29) is 23.8 Å². The van der Waals surface area contributed by atoms with Crippen LogP contribution in [0.2, 0.25) is 0 Å². The average molecular weight is 597 g/mol. The predicted molar refractivity (Wildman–Crippen MR) is 173 cm³/mol. The number of esters is 1. The molecule has 2 heterocycles. The lowest BCUT2D eigenvalue weighted by Crippen LogP contribution is -2.39. The Bertz CT molecular complexity index is 1660. The minimum atomic E-state index is -0.163. The van der Waals surface area contributed by atoms with Crippen LogP contribution in [0.15, 0.2) is 30.6 Å². The van der Waals surface area contributed by atoms with Crippen LogP contribution in [0, 0.1) is 47.5 Å². The molecule has 8 nitrogen and oxygen atoms in total. The number of fused-ring (bicyclic) bond motifs is 1. The maximum absolute atomic E-state index is 13.9. The van der Waals surface area contributed by atoms with E-state index in [2.05, 4.69) is 72.2 Å². The lowest BCUT2D eigenvalue weighted by Gasteiger charge is -2.27. The summed E-state index contributed by atoms with van der Waals surface area (Å²) in [4.78, 5) is 38.4. The van der Waals surface area contributed by atoms with Crippen LogP contribution in [0.4, 0.5) is 0 Å². The van der Waals surface area contributed by atoms with Crippen LogP contribution in [0.25, 0.3) is 22.0 Å².